The van der Waals surface area contributed by atoms with Crippen LogP contribution >= 0.6 is 6.64 Å². The molecule has 5 atom stereocenters. The minimum Gasteiger partial charge on any atom is -0.479 e. The highest BCUT2D eigenvalue weighted by Gasteiger charge is 2.37. The number of carbonyl (C=O) groups is 1. The number of methoxy groups -OCH3 is 1. The molecule has 45 heavy (non-hydrogen) atoms. The molecule has 2 aromatic carbocycles. The van der Waals surface area contributed by atoms with E-state index in [2.05, 4.69) is 27.0 Å². The maximum absolute atomic E-state index is 13.1. The lowest BCUT2D eigenvalue weighted by atomic mass is 9.98. The molecule has 0 bridgehead atoms. The van der Waals surface area contributed by atoms with Crippen LogP contribution in [0.25, 0.3) is 21.9 Å². The predicted octanol–water partition coefficient (Wildman–Crippen LogP) is 5.67. The Bertz CT molecular complexity index is 1710. The van der Waals surface area contributed by atoms with Gasteiger partial charge in [-0.25, -0.2) is 10.1 Å². The van der Waals surface area contributed by atoms with Gasteiger partial charge in [-0.15, -0.1) is 0 Å². The summed E-state index contributed by atoms with van der Waals surface area (Å²) in [4.78, 5) is 26.1. The first-order valence-corrected chi connectivity index (χ1v) is 18.0. The molecular weight excluding hydrogens is 615 g/mol. The van der Waals surface area contributed by atoms with E-state index in [-0.39, 0.29) is 42.9 Å². The van der Waals surface area contributed by atoms with Gasteiger partial charge in [0.05, 0.1) is 26.1 Å². The summed E-state index contributed by atoms with van der Waals surface area (Å²) in [5, 5.41) is 5.10. The molecule has 2 unspecified atom stereocenters. The van der Waals surface area contributed by atoms with Crippen LogP contribution in [0.2, 0.25) is 0 Å². The number of nitrogens with one attached hydrogen (secondary N) is 1. The van der Waals surface area contributed by atoms with Crippen molar-refractivity contribution in [3.8, 4) is 11.6 Å². The lowest BCUT2D eigenvalue weighted by Gasteiger charge is -2.29. The first-order valence-electron chi connectivity index (χ1n) is 15.3. The number of ether oxygens (including phenoxy) is 3. The van der Waals surface area contributed by atoms with Crippen molar-refractivity contribution < 1.29 is 28.1 Å². The molecule has 2 fully saturated rings. The van der Waals surface area contributed by atoms with E-state index in [1.807, 2.05) is 47.0 Å². The van der Waals surface area contributed by atoms with Crippen LogP contribution in [0.3, 0.4) is 0 Å². The van der Waals surface area contributed by atoms with Gasteiger partial charge in [0, 0.05) is 11.3 Å². The van der Waals surface area contributed by atoms with Gasteiger partial charge in [0.1, 0.15) is 24.1 Å². The van der Waals surface area contributed by atoms with Crippen molar-refractivity contribution in [1.82, 2.24) is 24.6 Å². The number of nitrogen functional groups attached to an aromatic ring is 1. The summed E-state index contributed by atoms with van der Waals surface area (Å²) >= 11 is 6.06. The largest absolute Gasteiger partial charge is 0.479 e. The number of esters is 1. The van der Waals surface area contributed by atoms with E-state index in [4.69, 9.17) is 40.8 Å². The third-order valence-electron chi connectivity index (χ3n) is 8.27. The zero-order valence-corrected chi connectivity index (χ0v) is 27.3. The number of anilines is 1. The van der Waals surface area contributed by atoms with E-state index in [0.29, 0.717) is 29.2 Å². The number of benzene rings is 2. The van der Waals surface area contributed by atoms with Gasteiger partial charge in [0.25, 0.3) is 0 Å². The fourth-order valence-electron chi connectivity index (χ4n) is 6.02. The smallest absolute Gasteiger partial charge is 0.323 e. The van der Waals surface area contributed by atoms with Gasteiger partial charge in [-0.05, 0) is 62.3 Å². The molecule has 1 aliphatic carbocycles. The van der Waals surface area contributed by atoms with Gasteiger partial charge in [0.15, 0.2) is 11.2 Å². The summed E-state index contributed by atoms with van der Waals surface area (Å²) < 4.78 is 32.3. The van der Waals surface area contributed by atoms with Gasteiger partial charge in [0.2, 0.25) is 11.8 Å². The minimum atomic E-state index is -3.29. The number of fused-ring (bicyclic) bond motifs is 2. The molecule has 2 aromatic heterocycles. The molecule has 12 nitrogen and oxygen atoms in total. The van der Waals surface area contributed by atoms with Crippen molar-refractivity contribution in [3.05, 3.63) is 48.8 Å². The SMILES string of the molecule is COc1nc(N)nc2c1ncn2[C@@H]1O[C@H](COP(=S)(NC(C)C(=O)OC2CCCCC2)Oc2cccc3ccccc23)C[C@@H]1C. The fraction of sp³-hybridized carbons (Fsp3) is 0.484. The van der Waals surface area contributed by atoms with Crippen molar-refractivity contribution in [1.29, 1.82) is 0 Å². The number of hydrogen-bond donors (Lipinski definition) is 2. The maximum atomic E-state index is 13.1. The highest BCUT2D eigenvalue weighted by Crippen LogP contribution is 2.48. The summed E-state index contributed by atoms with van der Waals surface area (Å²) in [5.41, 5.74) is 6.95. The van der Waals surface area contributed by atoms with Crippen LogP contribution in [0, 0.1) is 5.92 Å². The van der Waals surface area contributed by atoms with Crippen molar-refractivity contribution >= 4 is 52.3 Å². The van der Waals surface area contributed by atoms with E-state index < -0.39 is 12.7 Å². The lowest BCUT2D eigenvalue weighted by molar-refractivity contribution is -0.152. The Hall–Kier alpha value is -3.35. The van der Waals surface area contributed by atoms with Crippen LogP contribution in [0.1, 0.15) is 58.6 Å². The molecule has 6 rings (SSSR count). The number of hydrogen-bond acceptors (Lipinski definition) is 11. The van der Waals surface area contributed by atoms with Crippen LogP contribution in [-0.2, 0) is 30.6 Å². The normalized spacial score (nSPS) is 22.7. The monoisotopic (exact) mass is 654 g/mol. The fourth-order valence-corrected chi connectivity index (χ4v) is 8.45. The Morgan fingerprint density at radius 2 is 1.96 bits per heavy atom. The molecule has 2 aliphatic rings. The Labute approximate surface area is 267 Å². The third-order valence-corrected chi connectivity index (χ3v) is 10.8. The van der Waals surface area contributed by atoms with Gasteiger partial charge >= 0.3 is 12.6 Å². The van der Waals surface area contributed by atoms with Gasteiger partial charge in [-0.1, -0.05) is 49.7 Å². The topological polar surface area (TPSA) is 145 Å². The molecular formula is C31H39N6O6PS. The Balaban J connectivity index is 1.19. The predicted molar refractivity (Wildman–Crippen MR) is 174 cm³/mol. The van der Waals surface area contributed by atoms with Crippen LogP contribution in [-0.4, -0.2) is 57.5 Å². The van der Waals surface area contributed by atoms with Crippen LogP contribution in [0.5, 0.6) is 11.6 Å². The lowest BCUT2D eigenvalue weighted by Crippen LogP contribution is -2.37. The zero-order valence-electron chi connectivity index (χ0n) is 25.6. The molecule has 0 radical (unpaired) electrons. The Morgan fingerprint density at radius 1 is 1.18 bits per heavy atom. The molecule has 0 amide bonds. The quantitative estimate of drug-likeness (QED) is 0.152. The summed E-state index contributed by atoms with van der Waals surface area (Å²) in [6.07, 6.45) is 6.64. The summed E-state index contributed by atoms with van der Waals surface area (Å²) in [7, 11) is 1.51. The molecule has 3 heterocycles. The first kappa shape index (κ1) is 31.6. The molecule has 240 valence electrons. The van der Waals surface area contributed by atoms with Crippen molar-refractivity contribution in [2.45, 2.75) is 76.9 Å². The maximum Gasteiger partial charge on any atom is 0.323 e. The van der Waals surface area contributed by atoms with Gasteiger partial charge < -0.3 is 29.0 Å². The average Bonchev–Trinajstić information content (AvgIpc) is 3.62. The van der Waals surface area contributed by atoms with E-state index in [0.717, 1.165) is 36.5 Å². The Morgan fingerprint density at radius 3 is 2.76 bits per heavy atom. The van der Waals surface area contributed by atoms with Crippen LogP contribution < -0.4 is 20.1 Å². The highest BCUT2D eigenvalue weighted by molar-refractivity contribution is 8.09. The van der Waals surface area contributed by atoms with Crippen molar-refractivity contribution in [2.24, 2.45) is 5.92 Å². The molecule has 1 saturated heterocycles. The molecule has 4 aromatic rings. The number of rotatable bonds is 11. The van der Waals surface area contributed by atoms with Crippen molar-refractivity contribution in [3.63, 3.8) is 0 Å². The summed E-state index contributed by atoms with van der Waals surface area (Å²) in [6.45, 7) is 0.679. The van der Waals surface area contributed by atoms with Crippen molar-refractivity contribution in [2.75, 3.05) is 19.5 Å². The highest BCUT2D eigenvalue weighted by atomic mass is 32.5. The minimum absolute atomic E-state index is 0.0709. The number of carbonyl (C=O) groups excluding carboxylic acids is 1. The second kappa shape index (κ2) is 13.6. The molecule has 3 N–H and O–H groups in total. The van der Waals surface area contributed by atoms with Crippen LogP contribution in [0.4, 0.5) is 5.95 Å². The zero-order chi connectivity index (χ0) is 31.6. The second-order valence-electron chi connectivity index (χ2n) is 11.7. The van der Waals surface area contributed by atoms with Gasteiger partial charge in [-0.2, -0.15) is 9.97 Å². The van der Waals surface area contributed by atoms with E-state index >= 15 is 0 Å². The number of nitrogens with zero attached hydrogens (tertiary/aromatic N) is 4. The van der Waals surface area contributed by atoms with Gasteiger partial charge in [-0.3, -0.25) is 9.36 Å². The Kier molecular flexibility index (Phi) is 9.53. The number of nitrogens with two attached hydrogens (primary N) is 1. The third kappa shape index (κ3) is 7.07. The van der Waals surface area contributed by atoms with E-state index in [1.54, 1.807) is 13.3 Å². The standard InChI is InChI=1S/C31H39N6O6PS/c1-19-16-23(41-29(19)37-18-33-26-27(37)34-31(32)35-28(26)39-3)17-40-44(45,36-20(2)30(38)42-22-12-5-4-6-13-22)43-25-15-9-11-21-10-7-8-14-24(21)25/h7-11,14-15,18-20,22-23,29H,4-6,12-13,16-17H2,1-3H3,(H,36,45)(H2,32,34,35)/t19-,20?,23-,29+,44?/m0/s1. The molecule has 1 aliphatic heterocycles. The molecule has 14 heteroatoms. The summed E-state index contributed by atoms with van der Waals surface area (Å²) in [5.74, 6) is 0.685. The number of aromatic nitrogens is 4. The summed E-state index contributed by atoms with van der Waals surface area (Å²) in [6, 6.07) is 12.9. The second-order valence-corrected chi connectivity index (χ2v) is 14.8. The van der Waals surface area contributed by atoms with Crippen LogP contribution in [0.15, 0.2) is 48.8 Å². The number of imidazole rings is 1. The van der Waals surface area contributed by atoms with E-state index in [9.17, 15) is 4.79 Å². The molecule has 0 spiro atoms. The first-order chi connectivity index (χ1) is 21.7. The van der Waals surface area contributed by atoms with E-state index in [1.165, 1.54) is 13.5 Å². The average molecular weight is 655 g/mol. The molecule has 1 saturated carbocycles.